The average molecular weight is 317 g/mol. The quantitative estimate of drug-likeness (QED) is 0.882. The van der Waals surface area contributed by atoms with E-state index in [1.165, 1.54) is 0 Å². The number of fused-ring (bicyclic) bond motifs is 1. The van der Waals surface area contributed by atoms with Crippen molar-refractivity contribution in [2.24, 2.45) is 0 Å². The number of carbonyl (C=O) groups excluding carboxylic acids is 2. The fourth-order valence-electron chi connectivity index (χ4n) is 3.41. The van der Waals surface area contributed by atoms with Gasteiger partial charge >= 0.3 is 0 Å². The molecule has 1 aromatic rings. The Morgan fingerprint density at radius 3 is 2.70 bits per heavy atom. The van der Waals surface area contributed by atoms with E-state index in [1.807, 2.05) is 18.2 Å². The summed E-state index contributed by atoms with van der Waals surface area (Å²) in [5, 5.41) is 6.23. The van der Waals surface area contributed by atoms with E-state index in [0.29, 0.717) is 19.4 Å². The highest BCUT2D eigenvalue weighted by molar-refractivity contribution is 5.98. The second-order valence-electron chi connectivity index (χ2n) is 6.17. The standard InChI is InChI=1S/C17H23N3O3/c1-12(21)20-10-5-13-11-14(3-4-15(13)20)19-16(22)17(23-2)6-8-18-9-7-17/h3-4,11,18H,5-10H2,1-2H3,(H,19,22). The summed E-state index contributed by atoms with van der Waals surface area (Å²) >= 11 is 0. The molecule has 23 heavy (non-hydrogen) atoms. The van der Waals surface area contributed by atoms with Crippen LogP contribution >= 0.6 is 0 Å². The Balaban J connectivity index is 1.76. The molecule has 0 aromatic heterocycles. The maximum absolute atomic E-state index is 12.7. The minimum atomic E-state index is -0.754. The molecule has 2 aliphatic heterocycles. The first kappa shape index (κ1) is 16.0. The third-order valence-corrected chi connectivity index (χ3v) is 4.83. The Hall–Kier alpha value is -1.92. The van der Waals surface area contributed by atoms with E-state index >= 15 is 0 Å². The van der Waals surface area contributed by atoms with Crippen LogP contribution in [0.25, 0.3) is 0 Å². The summed E-state index contributed by atoms with van der Waals surface area (Å²) in [4.78, 5) is 26.0. The van der Waals surface area contributed by atoms with Crippen molar-refractivity contribution < 1.29 is 14.3 Å². The zero-order valence-electron chi connectivity index (χ0n) is 13.6. The highest BCUT2D eigenvalue weighted by Crippen LogP contribution is 2.31. The first-order valence-electron chi connectivity index (χ1n) is 8.04. The Labute approximate surface area is 136 Å². The van der Waals surface area contributed by atoms with Gasteiger partial charge in [0.25, 0.3) is 5.91 Å². The smallest absolute Gasteiger partial charge is 0.256 e. The van der Waals surface area contributed by atoms with Gasteiger partial charge in [-0.2, -0.15) is 0 Å². The second kappa shape index (κ2) is 6.29. The maximum Gasteiger partial charge on any atom is 0.256 e. The molecule has 2 aliphatic rings. The van der Waals surface area contributed by atoms with Crippen LogP contribution in [0.15, 0.2) is 18.2 Å². The molecule has 0 saturated carbocycles. The molecule has 6 nitrogen and oxygen atoms in total. The summed E-state index contributed by atoms with van der Waals surface area (Å²) < 4.78 is 5.55. The Morgan fingerprint density at radius 2 is 2.04 bits per heavy atom. The molecule has 2 heterocycles. The summed E-state index contributed by atoms with van der Waals surface area (Å²) in [6, 6.07) is 5.71. The number of rotatable bonds is 3. The highest BCUT2D eigenvalue weighted by atomic mass is 16.5. The van der Waals surface area contributed by atoms with Crippen LogP contribution in [0.5, 0.6) is 0 Å². The number of nitrogens with zero attached hydrogens (tertiary/aromatic N) is 1. The minimum absolute atomic E-state index is 0.0496. The van der Waals surface area contributed by atoms with Crippen molar-refractivity contribution in [3.8, 4) is 0 Å². The lowest BCUT2D eigenvalue weighted by atomic mass is 9.91. The lowest BCUT2D eigenvalue weighted by Gasteiger charge is -2.34. The van der Waals surface area contributed by atoms with Gasteiger partial charge in [-0.1, -0.05) is 0 Å². The summed E-state index contributed by atoms with van der Waals surface area (Å²) in [5.41, 5.74) is 2.04. The van der Waals surface area contributed by atoms with Crippen molar-refractivity contribution in [3.63, 3.8) is 0 Å². The van der Waals surface area contributed by atoms with Crippen molar-refractivity contribution in [1.82, 2.24) is 5.32 Å². The minimum Gasteiger partial charge on any atom is -0.368 e. The van der Waals surface area contributed by atoms with Gasteiger partial charge in [-0.15, -0.1) is 0 Å². The maximum atomic E-state index is 12.7. The van der Waals surface area contributed by atoms with Crippen LogP contribution in [0.3, 0.4) is 0 Å². The summed E-state index contributed by atoms with van der Waals surface area (Å²) in [6.45, 7) is 3.83. The van der Waals surface area contributed by atoms with Gasteiger partial charge in [-0.25, -0.2) is 0 Å². The molecular formula is C17H23N3O3. The van der Waals surface area contributed by atoms with Crippen molar-refractivity contribution in [2.45, 2.75) is 31.8 Å². The third kappa shape index (κ3) is 2.96. The van der Waals surface area contributed by atoms with E-state index in [1.54, 1.807) is 18.9 Å². The number of anilines is 2. The van der Waals surface area contributed by atoms with E-state index in [0.717, 1.165) is 36.4 Å². The van der Waals surface area contributed by atoms with Crippen molar-refractivity contribution in [1.29, 1.82) is 0 Å². The molecule has 0 bridgehead atoms. The topological polar surface area (TPSA) is 70.7 Å². The highest BCUT2D eigenvalue weighted by Gasteiger charge is 2.39. The number of hydrogen-bond donors (Lipinski definition) is 2. The van der Waals surface area contributed by atoms with E-state index in [2.05, 4.69) is 10.6 Å². The van der Waals surface area contributed by atoms with Crippen LogP contribution in [-0.2, 0) is 20.7 Å². The van der Waals surface area contributed by atoms with E-state index in [-0.39, 0.29) is 11.8 Å². The van der Waals surface area contributed by atoms with Crippen LogP contribution in [0.2, 0.25) is 0 Å². The predicted molar refractivity (Wildman–Crippen MR) is 88.6 cm³/mol. The average Bonchev–Trinajstić information content (AvgIpc) is 2.98. The van der Waals surface area contributed by atoms with E-state index < -0.39 is 5.60 Å². The van der Waals surface area contributed by atoms with Crippen LogP contribution in [0.4, 0.5) is 11.4 Å². The lowest BCUT2D eigenvalue weighted by molar-refractivity contribution is -0.140. The van der Waals surface area contributed by atoms with Crippen molar-refractivity contribution >= 4 is 23.2 Å². The number of amides is 2. The Bertz CT molecular complexity index is 624. The van der Waals surface area contributed by atoms with Crippen molar-refractivity contribution in [2.75, 3.05) is 37.0 Å². The number of benzene rings is 1. The summed E-state index contributed by atoms with van der Waals surface area (Å²) in [6.07, 6.45) is 2.15. The number of carbonyl (C=O) groups is 2. The zero-order valence-corrected chi connectivity index (χ0v) is 13.6. The molecule has 2 N–H and O–H groups in total. The number of nitrogens with one attached hydrogen (secondary N) is 2. The van der Waals surface area contributed by atoms with Crippen LogP contribution in [0, 0.1) is 0 Å². The molecule has 0 radical (unpaired) electrons. The van der Waals surface area contributed by atoms with Gasteiger partial charge in [0.2, 0.25) is 5.91 Å². The molecule has 0 unspecified atom stereocenters. The molecule has 0 atom stereocenters. The van der Waals surface area contributed by atoms with Gasteiger partial charge < -0.3 is 20.3 Å². The number of methoxy groups -OCH3 is 1. The van der Waals surface area contributed by atoms with Gasteiger partial charge in [-0.3, -0.25) is 9.59 Å². The molecule has 124 valence electrons. The molecule has 1 fully saturated rings. The molecule has 0 spiro atoms. The largest absolute Gasteiger partial charge is 0.368 e. The van der Waals surface area contributed by atoms with Crippen LogP contribution < -0.4 is 15.5 Å². The summed E-state index contributed by atoms with van der Waals surface area (Å²) in [5.74, 6) is -0.0450. The molecule has 0 aliphatic carbocycles. The number of piperidine rings is 1. The first-order valence-corrected chi connectivity index (χ1v) is 8.04. The van der Waals surface area contributed by atoms with E-state index in [9.17, 15) is 9.59 Å². The predicted octanol–water partition coefficient (Wildman–Crippen LogP) is 1.30. The normalized spacial score (nSPS) is 19.3. The number of ether oxygens (including phenoxy) is 1. The zero-order chi connectivity index (χ0) is 16.4. The Kier molecular flexibility index (Phi) is 4.37. The molecular weight excluding hydrogens is 294 g/mol. The molecule has 6 heteroatoms. The van der Waals surface area contributed by atoms with Crippen LogP contribution in [-0.4, -0.2) is 44.2 Å². The SMILES string of the molecule is COC1(C(=O)Nc2ccc3c(c2)CCN3C(C)=O)CCNCC1. The monoisotopic (exact) mass is 317 g/mol. The number of hydrogen-bond acceptors (Lipinski definition) is 4. The fraction of sp³-hybridized carbons (Fsp3) is 0.529. The van der Waals surface area contributed by atoms with Gasteiger partial charge in [0.15, 0.2) is 0 Å². The van der Waals surface area contributed by atoms with E-state index in [4.69, 9.17) is 4.74 Å². The molecule has 1 aromatic carbocycles. The van der Waals surface area contributed by atoms with Gasteiger partial charge in [0, 0.05) is 32.0 Å². The first-order chi connectivity index (χ1) is 11.1. The molecule has 2 amide bonds. The summed E-state index contributed by atoms with van der Waals surface area (Å²) in [7, 11) is 1.60. The molecule has 3 rings (SSSR count). The Morgan fingerprint density at radius 1 is 1.30 bits per heavy atom. The fourth-order valence-corrected chi connectivity index (χ4v) is 3.41. The van der Waals surface area contributed by atoms with Gasteiger partial charge in [0.05, 0.1) is 0 Å². The second-order valence-corrected chi connectivity index (χ2v) is 6.17. The van der Waals surface area contributed by atoms with Crippen LogP contribution in [0.1, 0.15) is 25.3 Å². The van der Waals surface area contributed by atoms with Gasteiger partial charge in [0.1, 0.15) is 5.60 Å². The third-order valence-electron chi connectivity index (χ3n) is 4.83. The van der Waals surface area contributed by atoms with Gasteiger partial charge in [-0.05, 0) is 56.1 Å². The van der Waals surface area contributed by atoms with Crippen molar-refractivity contribution in [3.05, 3.63) is 23.8 Å². The lowest BCUT2D eigenvalue weighted by Crippen LogP contribution is -2.51. The molecule has 1 saturated heterocycles.